The van der Waals surface area contributed by atoms with Crippen LogP contribution in [0.4, 0.5) is 0 Å². The molecule has 2 aliphatic heterocycles. The maximum atomic E-state index is 12.6. The Labute approximate surface area is 149 Å². The van der Waals surface area contributed by atoms with Gasteiger partial charge in [0.15, 0.2) is 17.2 Å². The number of hydrogen-bond acceptors (Lipinski definition) is 5. The first-order valence-corrected chi connectivity index (χ1v) is 8.25. The lowest BCUT2D eigenvalue weighted by atomic mass is 10.2. The highest BCUT2D eigenvalue weighted by Gasteiger charge is 2.24. The van der Waals surface area contributed by atoms with E-state index in [9.17, 15) is 4.79 Å². The molecule has 2 aliphatic rings. The molecular weight excluding hydrogens is 334 g/mol. The van der Waals surface area contributed by atoms with Gasteiger partial charge < -0.3 is 19.5 Å². The normalized spacial score (nSPS) is 13.5. The van der Waals surface area contributed by atoms with Crippen molar-refractivity contribution in [1.82, 2.24) is 14.9 Å². The molecule has 1 N–H and O–H groups in total. The Kier molecular flexibility index (Phi) is 3.31. The number of hydrogen-bond donors (Lipinski definition) is 1. The molecule has 7 nitrogen and oxygen atoms in total. The van der Waals surface area contributed by atoms with E-state index >= 15 is 0 Å². The summed E-state index contributed by atoms with van der Waals surface area (Å²) >= 11 is 0. The predicted octanol–water partition coefficient (Wildman–Crippen LogP) is 2.42. The van der Waals surface area contributed by atoms with Gasteiger partial charge in [-0.3, -0.25) is 9.36 Å². The molecule has 0 saturated carbocycles. The second-order valence-electron chi connectivity index (χ2n) is 6.04. The average molecular weight is 349 g/mol. The van der Waals surface area contributed by atoms with Crippen molar-refractivity contribution < 1.29 is 19.0 Å². The molecule has 1 aromatic heterocycles. The molecule has 0 radical (unpaired) electrons. The molecule has 0 spiro atoms. The van der Waals surface area contributed by atoms with E-state index in [0.717, 1.165) is 28.4 Å². The van der Waals surface area contributed by atoms with Gasteiger partial charge in [0, 0.05) is 6.54 Å². The number of aromatic nitrogens is 2. The molecule has 7 heteroatoms. The van der Waals surface area contributed by atoms with Crippen LogP contribution in [0.15, 0.2) is 48.8 Å². The number of nitrogens with zero attached hydrogens (tertiary/aromatic N) is 2. The molecule has 0 saturated heterocycles. The summed E-state index contributed by atoms with van der Waals surface area (Å²) in [5.41, 5.74) is 2.93. The Hall–Kier alpha value is -3.48. The van der Waals surface area contributed by atoms with Crippen LogP contribution >= 0.6 is 0 Å². The minimum Gasteiger partial charge on any atom is -0.485 e. The summed E-state index contributed by atoms with van der Waals surface area (Å²) in [6, 6.07) is 13.3. The zero-order valence-electron chi connectivity index (χ0n) is 13.8. The van der Waals surface area contributed by atoms with Crippen molar-refractivity contribution >= 4 is 5.91 Å². The Morgan fingerprint density at radius 1 is 1.08 bits per heavy atom. The van der Waals surface area contributed by atoms with Gasteiger partial charge in [-0.15, -0.1) is 0 Å². The van der Waals surface area contributed by atoms with Crippen molar-refractivity contribution in [2.45, 2.75) is 13.2 Å². The van der Waals surface area contributed by atoms with Crippen LogP contribution in [-0.2, 0) is 13.2 Å². The first kappa shape index (κ1) is 14.8. The number of carbonyl (C=O) groups excluding carboxylic acids is 1. The lowest BCUT2D eigenvalue weighted by Gasteiger charge is -2.20. The van der Waals surface area contributed by atoms with Crippen molar-refractivity contribution in [2.24, 2.45) is 0 Å². The molecular formula is C19H15N3O4. The molecule has 0 unspecified atom stereocenters. The predicted molar refractivity (Wildman–Crippen MR) is 91.6 cm³/mol. The first-order chi connectivity index (χ1) is 12.8. The van der Waals surface area contributed by atoms with Crippen LogP contribution in [0.3, 0.4) is 0 Å². The van der Waals surface area contributed by atoms with E-state index in [1.807, 2.05) is 47.0 Å². The molecule has 130 valence electrons. The number of nitrogens with one attached hydrogen (secondary N) is 1. The van der Waals surface area contributed by atoms with Gasteiger partial charge in [0.2, 0.25) is 6.79 Å². The Bertz CT molecular complexity index is 1010. The van der Waals surface area contributed by atoms with Gasteiger partial charge in [0.05, 0.1) is 11.4 Å². The summed E-state index contributed by atoms with van der Waals surface area (Å²) in [5, 5.41) is 2.90. The van der Waals surface area contributed by atoms with Gasteiger partial charge in [-0.1, -0.05) is 18.2 Å². The molecule has 0 bridgehead atoms. The maximum absolute atomic E-state index is 12.6. The maximum Gasteiger partial charge on any atom is 0.272 e. The van der Waals surface area contributed by atoms with E-state index in [-0.39, 0.29) is 12.7 Å². The molecule has 0 fully saturated rings. The number of fused-ring (bicyclic) bond motifs is 4. The van der Waals surface area contributed by atoms with Crippen LogP contribution in [0.25, 0.3) is 5.69 Å². The Morgan fingerprint density at radius 3 is 2.92 bits per heavy atom. The topological polar surface area (TPSA) is 74.6 Å². The van der Waals surface area contributed by atoms with E-state index in [2.05, 4.69) is 10.3 Å². The highest BCUT2D eigenvalue weighted by Crippen LogP contribution is 2.33. The van der Waals surface area contributed by atoms with Crippen LogP contribution in [-0.4, -0.2) is 22.3 Å². The van der Waals surface area contributed by atoms with Crippen molar-refractivity contribution in [3.63, 3.8) is 0 Å². The van der Waals surface area contributed by atoms with Gasteiger partial charge in [-0.05, 0) is 29.8 Å². The number of carbonyl (C=O) groups is 1. The van der Waals surface area contributed by atoms with Crippen molar-refractivity contribution in [3.8, 4) is 22.9 Å². The highest BCUT2D eigenvalue weighted by molar-refractivity contribution is 5.93. The molecule has 3 heterocycles. The first-order valence-electron chi connectivity index (χ1n) is 8.25. The van der Waals surface area contributed by atoms with Crippen molar-refractivity contribution in [3.05, 3.63) is 65.7 Å². The minimum absolute atomic E-state index is 0.230. The molecule has 3 aromatic rings. The number of imidazole rings is 1. The van der Waals surface area contributed by atoms with Crippen LogP contribution < -0.4 is 19.5 Å². The van der Waals surface area contributed by atoms with E-state index in [4.69, 9.17) is 14.2 Å². The SMILES string of the molecule is O=C(NCc1ccc2c(c1)OCO2)c1ncn2c1COc1ccccc1-2. The summed E-state index contributed by atoms with van der Waals surface area (Å²) in [7, 11) is 0. The van der Waals surface area contributed by atoms with Crippen LogP contribution in [0.2, 0.25) is 0 Å². The zero-order chi connectivity index (χ0) is 17.5. The largest absolute Gasteiger partial charge is 0.485 e. The fraction of sp³-hybridized carbons (Fsp3) is 0.158. The number of rotatable bonds is 3. The minimum atomic E-state index is -0.237. The number of ether oxygens (including phenoxy) is 3. The molecule has 1 amide bonds. The standard InChI is InChI=1S/C19H15N3O4/c23-19(20-8-12-5-6-16-17(7-12)26-11-25-16)18-14-9-24-15-4-2-1-3-13(15)22(14)10-21-18/h1-7,10H,8-9,11H2,(H,20,23). The van der Waals surface area contributed by atoms with Gasteiger partial charge in [-0.2, -0.15) is 0 Å². The zero-order valence-corrected chi connectivity index (χ0v) is 13.8. The van der Waals surface area contributed by atoms with Gasteiger partial charge in [0.1, 0.15) is 18.7 Å². The monoisotopic (exact) mass is 349 g/mol. The fourth-order valence-corrected chi connectivity index (χ4v) is 3.15. The lowest BCUT2D eigenvalue weighted by Crippen LogP contribution is -2.25. The third-order valence-electron chi connectivity index (χ3n) is 4.46. The lowest BCUT2D eigenvalue weighted by molar-refractivity contribution is 0.0943. The van der Waals surface area contributed by atoms with E-state index in [0.29, 0.717) is 24.6 Å². The molecule has 26 heavy (non-hydrogen) atoms. The molecule has 5 rings (SSSR count). The van der Waals surface area contributed by atoms with Gasteiger partial charge in [-0.25, -0.2) is 4.98 Å². The van der Waals surface area contributed by atoms with Crippen molar-refractivity contribution in [2.75, 3.05) is 6.79 Å². The van der Waals surface area contributed by atoms with Crippen LogP contribution in [0.5, 0.6) is 17.2 Å². The molecule has 0 atom stereocenters. The second kappa shape index (κ2) is 5.80. The van der Waals surface area contributed by atoms with Gasteiger partial charge >= 0.3 is 0 Å². The van der Waals surface area contributed by atoms with Crippen LogP contribution in [0, 0.1) is 0 Å². The summed E-state index contributed by atoms with van der Waals surface area (Å²) in [4.78, 5) is 16.9. The number of para-hydroxylation sites is 2. The summed E-state index contributed by atoms with van der Waals surface area (Å²) in [6.07, 6.45) is 1.66. The van der Waals surface area contributed by atoms with Gasteiger partial charge in [0.25, 0.3) is 5.91 Å². The average Bonchev–Trinajstić information content (AvgIpc) is 3.32. The van der Waals surface area contributed by atoms with E-state index < -0.39 is 0 Å². The van der Waals surface area contributed by atoms with Crippen LogP contribution in [0.1, 0.15) is 21.7 Å². The summed E-state index contributed by atoms with van der Waals surface area (Å²) in [5.74, 6) is 1.96. The van der Waals surface area contributed by atoms with E-state index in [1.54, 1.807) is 6.33 Å². The third-order valence-corrected chi connectivity index (χ3v) is 4.46. The Morgan fingerprint density at radius 2 is 1.96 bits per heavy atom. The third kappa shape index (κ3) is 2.36. The quantitative estimate of drug-likeness (QED) is 0.786. The Balaban J connectivity index is 1.35. The smallest absolute Gasteiger partial charge is 0.272 e. The van der Waals surface area contributed by atoms with E-state index in [1.165, 1.54) is 0 Å². The molecule has 0 aliphatic carbocycles. The second-order valence-corrected chi connectivity index (χ2v) is 6.04. The summed E-state index contributed by atoms with van der Waals surface area (Å²) < 4.78 is 18.3. The highest BCUT2D eigenvalue weighted by atomic mass is 16.7. The number of benzene rings is 2. The number of amides is 1. The summed E-state index contributed by atoms with van der Waals surface area (Å²) in [6.45, 7) is 0.913. The van der Waals surface area contributed by atoms with Crippen molar-refractivity contribution in [1.29, 1.82) is 0 Å². The fourth-order valence-electron chi connectivity index (χ4n) is 3.15. The molecule has 2 aromatic carbocycles.